The SMILES string of the molecule is CC(=O)O.CNc1nc(Cc2ccc(C(=N)N)cc2)nc2ccccc12. The van der Waals surface area contributed by atoms with Crippen LogP contribution in [0.15, 0.2) is 48.5 Å². The second-order valence-electron chi connectivity index (χ2n) is 5.56. The van der Waals surface area contributed by atoms with Gasteiger partial charge in [-0.05, 0) is 17.7 Å². The number of aliphatic carboxylic acids is 1. The Kier molecular flexibility index (Phi) is 6.21. The molecule has 7 nitrogen and oxygen atoms in total. The molecular formula is C19H21N5O2. The molecule has 0 spiro atoms. The van der Waals surface area contributed by atoms with Gasteiger partial charge in [-0.25, -0.2) is 9.97 Å². The highest BCUT2D eigenvalue weighted by Gasteiger charge is 2.07. The van der Waals surface area contributed by atoms with E-state index in [1.54, 1.807) is 0 Å². The minimum absolute atomic E-state index is 0.0750. The van der Waals surface area contributed by atoms with Crippen molar-refractivity contribution in [1.29, 1.82) is 5.41 Å². The molecule has 3 rings (SSSR count). The number of rotatable bonds is 4. The molecule has 0 aliphatic heterocycles. The monoisotopic (exact) mass is 351 g/mol. The molecule has 0 unspecified atom stereocenters. The fourth-order valence-corrected chi connectivity index (χ4v) is 2.38. The maximum atomic E-state index is 9.00. The lowest BCUT2D eigenvalue weighted by molar-refractivity contribution is -0.134. The molecule has 0 bridgehead atoms. The first-order valence-corrected chi connectivity index (χ1v) is 7.97. The molecule has 0 amide bonds. The summed E-state index contributed by atoms with van der Waals surface area (Å²) in [6.07, 6.45) is 0.637. The van der Waals surface area contributed by atoms with Gasteiger partial charge in [0.2, 0.25) is 0 Å². The number of carboxylic acid groups (broad SMARTS) is 1. The third-order valence-electron chi connectivity index (χ3n) is 3.51. The number of para-hydroxylation sites is 1. The van der Waals surface area contributed by atoms with E-state index in [1.165, 1.54) is 0 Å². The molecule has 0 saturated carbocycles. The predicted octanol–water partition coefficient (Wildman–Crippen LogP) is 2.64. The minimum Gasteiger partial charge on any atom is -0.481 e. The van der Waals surface area contributed by atoms with Gasteiger partial charge >= 0.3 is 0 Å². The molecule has 5 N–H and O–H groups in total. The Morgan fingerprint density at radius 3 is 2.35 bits per heavy atom. The van der Waals surface area contributed by atoms with E-state index in [0.717, 1.165) is 40.6 Å². The average Bonchev–Trinajstić information content (AvgIpc) is 2.61. The second kappa shape index (κ2) is 8.57. The molecule has 0 radical (unpaired) electrons. The van der Waals surface area contributed by atoms with E-state index in [0.29, 0.717) is 6.42 Å². The normalized spacial score (nSPS) is 9.92. The van der Waals surface area contributed by atoms with Crippen LogP contribution in [0.2, 0.25) is 0 Å². The van der Waals surface area contributed by atoms with Crippen molar-refractivity contribution in [1.82, 2.24) is 9.97 Å². The summed E-state index contributed by atoms with van der Waals surface area (Å²) in [6, 6.07) is 15.5. The standard InChI is InChI=1S/C17H17N5.C2H4O2/c1-20-17-13-4-2-3-5-14(13)21-15(22-17)10-11-6-8-12(9-7-11)16(18)19;1-2(3)4/h2-9H,10H2,1H3,(H3,18,19)(H,20,21,22);1H3,(H,3,4). The molecule has 7 heteroatoms. The van der Waals surface area contributed by atoms with Gasteiger partial charge in [-0.2, -0.15) is 0 Å². The van der Waals surface area contributed by atoms with Crippen molar-refractivity contribution in [2.75, 3.05) is 12.4 Å². The van der Waals surface area contributed by atoms with E-state index in [4.69, 9.17) is 21.0 Å². The Bertz CT molecular complexity index is 919. The Balaban J connectivity index is 0.000000552. The van der Waals surface area contributed by atoms with Crippen LogP contribution in [0.25, 0.3) is 10.9 Å². The first-order chi connectivity index (χ1) is 12.4. The fraction of sp³-hybridized carbons (Fsp3) is 0.158. The van der Waals surface area contributed by atoms with Gasteiger partial charge in [0, 0.05) is 31.3 Å². The summed E-state index contributed by atoms with van der Waals surface area (Å²) < 4.78 is 0. The molecule has 3 aromatic rings. The van der Waals surface area contributed by atoms with Gasteiger partial charge in [-0.3, -0.25) is 10.2 Å². The maximum absolute atomic E-state index is 9.00. The van der Waals surface area contributed by atoms with Crippen molar-refractivity contribution in [2.24, 2.45) is 5.73 Å². The highest BCUT2D eigenvalue weighted by atomic mass is 16.4. The highest BCUT2D eigenvalue weighted by Crippen LogP contribution is 2.20. The molecule has 2 aromatic carbocycles. The number of amidine groups is 1. The number of aromatic nitrogens is 2. The van der Waals surface area contributed by atoms with Crippen LogP contribution in [0.3, 0.4) is 0 Å². The summed E-state index contributed by atoms with van der Waals surface area (Å²) in [5.41, 5.74) is 8.20. The summed E-state index contributed by atoms with van der Waals surface area (Å²) in [5.74, 6) is 0.838. The van der Waals surface area contributed by atoms with Crippen LogP contribution in [0.5, 0.6) is 0 Å². The van der Waals surface area contributed by atoms with Gasteiger partial charge in [0.15, 0.2) is 0 Å². The molecule has 0 aliphatic carbocycles. The van der Waals surface area contributed by atoms with Gasteiger partial charge in [0.25, 0.3) is 5.97 Å². The largest absolute Gasteiger partial charge is 0.481 e. The van der Waals surface area contributed by atoms with Crippen molar-refractivity contribution < 1.29 is 9.90 Å². The number of carbonyl (C=O) groups is 1. The number of carboxylic acids is 1. The molecule has 1 aromatic heterocycles. The van der Waals surface area contributed by atoms with Crippen molar-refractivity contribution >= 4 is 28.5 Å². The number of hydrogen-bond acceptors (Lipinski definition) is 5. The number of nitrogens with two attached hydrogens (primary N) is 1. The lowest BCUT2D eigenvalue weighted by atomic mass is 10.1. The topological polar surface area (TPSA) is 125 Å². The first kappa shape index (κ1) is 18.9. The molecule has 0 aliphatic rings. The van der Waals surface area contributed by atoms with Crippen molar-refractivity contribution in [3.8, 4) is 0 Å². The predicted molar refractivity (Wildman–Crippen MR) is 103 cm³/mol. The second-order valence-corrected chi connectivity index (χ2v) is 5.56. The molecule has 134 valence electrons. The Morgan fingerprint density at radius 2 is 1.77 bits per heavy atom. The smallest absolute Gasteiger partial charge is 0.300 e. The minimum atomic E-state index is -0.833. The van der Waals surface area contributed by atoms with Crippen LogP contribution in [-0.2, 0) is 11.2 Å². The van der Waals surface area contributed by atoms with Crippen LogP contribution in [-0.4, -0.2) is 33.9 Å². The zero-order valence-electron chi connectivity index (χ0n) is 14.7. The number of fused-ring (bicyclic) bond motifs is 1. The molecule has 0 fully saturated rings. The first-order valence-electron chi connectivity index (χ1n) is 7.97. The lowest BCUT2D eigenvalue weighted by Crippen LogP contribution is -2.10. The zero-order valence-corrected chi connectivity index (χ0v) is 14.7. The van der Waals surface area contributed by atoms with Gasteiger partial charge in [0.1, 0.15) is 17.5 Å². The molecule has 1 heterocycles. The number of nitrogen functional groups attached to an aromatic ring is 1. The van der Waals surface area contributed by atoms with Crippen LogP contribution in [0.4, 0.5) is 5.82 Å². The Hall–Kier alpha value is -3.48. The van der Waals surface area contributed by atoms with Crippen LogP contribution in [0, 0.1) is 5.41 Å². The van der Waals surface area contributed by atoms with Crippen LogP contribution in [0.1, 0.15) is 23.9 Å². The Labute approximate surface area is 151 Å². The Morgan fingerprint density at radius 1 is 1.15 bits per heavy atom. The number of hydrogen-bond donors (Lipinski definition) is 4. The van der Waals surface area contributed by atoms with E-state index < -0.39 is 5.97 Å². The van der Waals surface area contributed by atoms with Crippen LogP contribution >= 0.6 is 0 Å². The zero-order chi connectivity index (χ0) is 19.1. The highest BCUT2D eigenvalue weighted by molar-refractivity contribution is 5.94. The summed E-state index contributed by atoms with van der Waals surface area (Å²) >= 11 is 0. The van der Waals surface area contributed by atoms with Gasteiger partial charge in [-0.1, -0.05) is 36.4 Å². The summed E-state index contributed by atoms with van der Waals surface area (Å²) in [6.45, 7) is 1.08. The maximum Gasteiger partial charge on any atom is 0.300 e. The number of benzene rings is 2. The van der Waals surface area contributed by atoms with Crippen molar-refractivity contribution in [2.45, 2.75) is 13.3 Å². The van der Waals surface area contributed by atoms with Gasteiger partial charge in [-0.15, -0.1) is 0 Å². The van der Waals surface area contributed by atoms with Crippen molar-refractivity contribution in [3.05, 3.63) is 65.5 Å². The molecule has 0 atom stereocenters. The number of anilines is 1. The van der Waals surface area contributed by atoms with E-state index in [1.807, 2.05) is 55.6 Å². The average molecular weight is 351 g/mol. The van der Waals surface area contributed by atoms with Gasteiger partial charge in [0.05, 0.1) is 5.52 Å². The fourth-order valence-electron chi connectivity index (χ4n) is 2.38. The van der Waals surface area contributed by atoms with E-state index in [-0.39, 0.29) is 5.84 Å². The van der Waals surface area contributed by atoms with E-state index in [2.05, 4.69) is 15.3 Å². The van der Waals surface area contributed by atoms with E-state index in [9.17, 15) is 0 Å². The lowest BCUT2D eigenvalue weighted by Gasteiger charge is -2.08. The number of nitrogens with zero attached hydrogens (tertiary/aromatic N) is 2. The quantitative estimate of drug-likeness (QED) is 0.423. The third-order valence-corrected chi connectivity index (χ3v) is 3.51. The van der Waals surface area contributed by atoms with Crippen molar-refractivity contribution in [3.63, 3.8) is 0 Å². The summed E-state index contributed by atoms with van der Waals surface area (Å²) in [7, 11) is 1.86. The van der Waals surface area contributed by atoms with Gasteiger partial charge < -0.3 is 16.2 Å². The third kappa shape index (κ3) is 5.01. The molecular weight excluding hydrogens is 330 g/mol. The summed E-state index contributed by atoms with van der Waals surface area (Å²) in [4.78, 5) is 18.2. The molecule has 0 saturated heterocycles. The summed E-state index contributed by atoms with van der Waals surface area (Å²) in [5, 5.41) is 19.0. The van der Waals surface area contributed by atoms with E-state index >= 15 is 0 Å². The molecule has 26 heavy (non-hydrogen) atoms. The van der Waals surface area contributed by atoms with Crippen LogP contribution < -0.4 is 11.1 Å². The number of nitrogens with one attached hydrogen (secondary N) is 2.